The minimum absolute atomic E-state index is 0.776. The molecule has 19 heavy (non-hydrogen) atoms. The van der Waals surface area contributed by atoms with E-state index >= 15 is 0 Å². The van der Waals surface area contributed by atoms with Gasteiger partial charge in [0.1, 0.15) is 5.82 Å². The molecular formula is C15H20N4. The zero-order valence-electron chi connectivity index (χ0n) is 12.0. The molecule has 0 spiro atoms. The molecule has 2 aromatic heterocycles. The molecule has 0 saturated carbocycles. The summed E-state index contributed by atoms with van der Waals surface area (Å²) in [5.41, 5.74) is 4.46. The maximum Gasteiger partial charge on any atom is 0.162 e. The largest absolute Gasteiger partial charge is 0.373 e. The number of hydrogen-bond acceptors (Lipinski definition) is 4. The number of aromatic nitrogens is 3. The van der Waals surface area contributed by atoms with Crippen molar-refractivity contribution in [2.24, 2.45) is 0 Å². The Morgan fingerprint density at radius 2 is 1.95 bits per heavy atom. The van der Waals surface area contributed by atoms with Gasteiger partial charge in [-0.3, -0.25) is 4.98 Å². The highest BCUT2D eigenvalue weighted by molar-refractivity contribution is 5.62. The van der Waals surface area contributed by atoms with Crippen LogP contribution in [0.4, 0.5) is 5.82 Å². The lowest BCUT2D eigenvalue weighted by atomic mass is 10.1. The quantitative estimate of drug-likeness (QED) is 0.913. The minimum atomic E-state index is 0.776. The Morgan fingerprint density at radius 1 is 1.16 bits per heavy atom. The van der Waals surface area contributed by atoms with Gasteiger partial charge in [0.15, 0.2) is 5.82 Å². The Morgan fingerprint density at radius 3 is 2.58 bits per heavy atom. The van der Waals surface area contributed by atoms with E-state index in [1.54, 1.807) is 6.20 Å². The van der Waals surface area contributed by atoms with Crippen molar-refractivity contribution in [3.05, 3.63) is 35.3 Å². The molecule has 0 aliphatic carbocycles. The molecule has 1 N–H and O–H groups in total. The van der Waals surface area contributed by atoms with Gasteiger partial charge in [0, 0.05) is 36.3 Å². The Bertz CT molecular complexity index is 578. The van der Waals surface area contributed by atoms with Gasteiger partial charge in [-0.1, -0.05) is 13.8 Å². The standard InChI is InChI=1S/C15H20N4/c1-5-11-9-17-8-7-13(11)15-18-10(3)12(6-2)14(16-4)19-15/h7-9H,5-6H2,1-4H3,(H,16,18,19). The fourth-order valence-corrected chi connectivity index (χ4v) is 2.27. The predicted molar refractivity (Wildman–Crippen MR) is 78.3 cm³/mol. The van der Waals surface area contributed by atoms with Gasteiger partial charge >= 0.3 is 0 Å². The highest BCUT2D eigenvalue weighted by Crippen LogP contribution is 2.24. The molecule has 0 aromatic carbocycles. The number of anilines is 1. The smallest absolute Gasteiger partial charge is 0.162 e. The number of rotatable bonds is 4. The summed E-state index contributed by atoms with van der Waals surface area (Å²) in [6.45, 7) is 6.28. The fourth-order valence-electron chi connectivity index (χ4n) is 2.27. The summed E-state index contributed by atoms with van der Waals surface area (Å²) in [4.78, 5) is 13.5. The molecule has 2 rings (SSSR count). The lowest BCUT2D eigenvalue weighted by Crippen LogP contribution is -2.05. The monoisotopic (exact) mass is 256 g/mol. The molecule has 4 heteroatoms. The van der Waals surface area contributed by atoms with E-state index in [0.29, 0.717) is 0 Å². The molecule has 2 aromatic rings. The minimum Gasteiger partial charge on any atom is -0.373 e. The van der Waals surface area contributed by atoms with Gasteiger partial charge in [0.05, 0.1) is 0 Å². The molecular weight excluding hydrogens is 236 g/mol. The van der Waals surface area contributed by atoms with Gasteiger partial charge in [-0.25, -0.2) is 9.97 Å². The second-order valence-electron chi connectivity index (χ2n) is 4.45. The number of pyridine rings is 1. The zero-order valence-corrected chi connectivity index (χ0v) is 12.0. The molecule has 0 amide bonds. The van der Waals surface area contributed by atoms with Crippen LogP contribution in [0.5, 0.6) is 0 Å². The number of hydrogen-bond donors (Lipinski definition) is 1. The molecule has 0 aliphatic heterocycles. The zero-order chi connectivity index (χ0) is 13.8. The lowest BCUT2D eigenvalue weighted by Gasteiger charge is -2.13. The molecule has 0 atom stereocenters. The lowest BCUT2D eigenvalue weighted by molar-refractivity contribution is 0.994. The van der Waals surface area contributed by atoms with E-state index < -0.39 is 0 Å². The van der Waals surface area contributed by atoms with Crippen molar-refractivity contribution in [3.8, 4) is 11.4 Å². The Balaban J connectivity index is 2.60. The van der Waals surface area contributed by atoms with E-state index in [9.17, 15) is 0 Å². The van der Waals surface area contributed by atoms with Gasteiger partial charge in [-0.05, 0) is 31.4 Å². The molecule has 4 nitrogen and oxygen atoms in total. The van der Waals surface area contributed by atoms with E-state index in [0.717, 1.165) is 35.7 Å². The van der Waals surface area contributed by atoms with Crippen LogP contribution in [0, 0.1) is 6.92 Å². The molecule has 0 saturated heterocycles. The average molecular weight is 256 g/mol. The molecule has 0 fully saturated rings. The molecule has 100 valence electrons. The van der Waals surface area contributed by atoms with Crippen molar-refractivity contribution >= 4 is 5.82 Å². The average Bonchev–Trinajstić information content (AvgIpc) is 2.46. The van der Waals surface area contributed by atoms with Crippen LogP contribution in [0.3, 0.4) is 0 Å². The van der Waals surface area contributed by atoms with Crippen molar-refractivity contribution in [3.63, 3.8) is 0 Å². The summed E-state index contributed by atoms with van der Waals surface area (Å²) in [7, 11) is 1.90. The van der Waals surface area contributed by atoms with Crippen molar-refractivity contribution in [1.82, 2.24) is 15.0 Å². The molecule has 2 heterocycles. The maximum absolute atomic E-state index is 4.65. The second kappa shape index (κ2) is 5.78. The summed E-state index contributed by atoms with van der Waals surface area (Å²) in [6.07, 6.45) is 5.54. The third-order valence-electron chi connectivity index (χ3n) is 3.33. The van der Waals surface area contributed by atoms with Crippen LogP contribution in [0.2, 0.25) is 0 Å². The molecule has 0 bridgehead atoms. The number of nitrogens with zero attached hydrogens (tertiary/aromatic N) is 3. The van der Waals surface area contributed by atoms with Crippen LogP contribution in [-0.4, -0.2) is 22.0 Å². The fraction of sp³-hybridized carbons (Fsp3) is 0.400. The Hall–Kier alpha value is -1.97. The number of aryl methyl sites for hydroxylation is 2. The summed E-state index contributed by atoms with van der Waals surface area (Å²) in [6, 6.07) is 1.98. The van der Waals surface area contributed by atoms with Gasteiger partial charge in [0.25, 0.3) is 0 Å². The van der Waals surface area contributed by atoms with Crippen LogP contribution >= 0.6 is 0 Å². The Labute approximate surface area is 114 Å². The van der Waals surface area contributed by atoms with Crippen LogP contribution in [-0.2, 0) is 12.8 Å². The third-order valence-corrected chi connectivity index (χ3v) is 3.33. The normalized spacial score (nSPS) is 10.5. The van der Waals surface area contributed by atoms with E-state index in [-0.39, 0.29) is 0 Å². The molecule has 0 unspecified atom stereocenters. The van der Waals surface area contributed by atoms with Crippen molar-refractivity contribution < 1.29 is 0 Å². The van der Waals surface area contributed by atoms with Gasteiger partial charge in [-0.15, -0.1) is 0 Å². The van der Waals surface area contributed by atoms with E-state index in [1.165, 1.54) is 11.1 Å². The topological polar surface area (TPSA) is 50.7 Å². The first-order chi connectivity index (χ1) is 9.21. The maximum atomic E-state index is 4.65. The van der Waals surface area contributed by atoms with Gasteiger partial charge < -0.3 is 5.32 Å². The molecule has 0 radical (unpaired) electrons. The van der Waals surface area contributed by atoms with Crippen LogP contribution < -0.4 is 5.32 Å². The number of nitrogens with one attached hydrogen (secondary N) is 1. The summed E-state index contributed by atoms with van der Waals surface area (Å²) >= 11 is 0. The summed E-state index contributed by atoms with van der Waals surface area (Å²) in [5.74, 6) is 1.70. The predicted octanol–water partition coefficient (Wildman–Crippen LogP) is 3.01. The van der Waals surface area contributed by atoms with Crippen molar-refractivity contribution in [2.75, 3.05) is 12.4 Å². The van der Waals surface area contributed by atoms with Gasteiger partial charge in [0.2, 0.25) is 0 Å². The van der Waals surface area contributed by atoms with Crippen LogP contribution in [0.25, 0.3) is 11.4 Å². The van der Waals surface area contributed by atoms with E-state index in [2.05, 4.69) is 34.1 Å². The Kier molecular flexibility index (Phi) is 4.10. The van der Waals surface area contributed by atoms with Crippen LogP contribution in [0.1, 0.15) is 30.7 Å². The molecule has 0 aliphatic rings. The van der Waals surface area contributed by atoms with Crippen LogP contribution in [0.15, 0.2) is 18.5 Å². The van der Waals surface area contributed by atoms with E-state index in [1.807, 2.05) is 26.2 Å². The van der Waals surface area contributed by atoms with Crippen molar-refractivity contribution in [2.45, 2.75) is 33.6 Å². The summed E-state index contributed by atoms with van der Waals surface area (Å²) < 4.78 is 0. The van der Waals surface area contributed by atoms with Crippen molar-refractivity contribution in [1.29, 1.82) is 0 Å². The second-order valence-corrected chi connectivity index (χ2v) is 4.45. The highest BCUT2D eigenvalue weighted by atomic mass is 15.0. The first-order valence-electron chi connectivity index (χ1n) is 6.69. The SMILES string of the molecule is CCc1cnccc1-c1nc(C)c(CC)c(NC)n1. The van der Waals surface area contributed by atoms with E-state index in [4.69, 9.17) is 0 Å². The first-order valence-corrected chi connectivity index (χ1v) is 6.69. The van der Waals surface area contributed by atoms with Gasteiger partial charge in [-0.2, -0.15) is 0 Å². The first kappa shape index (κ1) is 13.5. The third kappa shape index (κ3) is 2.57. The highest BCUT2D eigenvalue weighted by Gasteiger charge is 2.12. The summed E-state index contributed by atoms with van der Waals surface area (Å²) in [5, 5.41) is 3.17.